The zero-order chi connectivity index (χ0) is 22.5. The third kappa shape index (κ3) is 3.10. The predicted octanol–water partition coefficient (Wildman–Crippen LogP) is 5.76. The van der Waals surface area contributed by atoms with Crippen molar-refractivity contribution >= 4 is 27.6 Å². The van der Waals surface area contributed by atoms with Crippen molar-refractivity contribution in [3.63, 3.8) is 0 Å². The lowest BCUT2D eigenvalue weighted by molar-refractivity contribution is 0.0866. The topological polar surface area (TPSA) is 104 Å². The highest BCUT2D eigenvalue weighted by molar-refractivity contribution is 6.21. The van der Waals surface area contributed by atoms with Crippen LogP contribution in [0.1, 0.15) is 41.2 Å². The van der Waals surface area contributed by atoms with Crippen molar-refractivity contribution in [1.82, 2.24) is 9.97 Å². The highest BCUT2D eigenvalue weighted by Crippen LogP contribution is 2.42. The number of nitrogens with zero attached hydrogens (tertiary/aromatic N) is 4. The van der Waals surface area contributed by atoms with E-state index >= 15 is 0 Å². The van der Waals surface area contributed by atoms with Gasteiger partial charge in [0, 0.05) is 33.2 Å². The number of hydrogen-bond donors (Lipinski definition) is 1. The van der Waals surface area contributed by atoms with Gasteiger partial charge >= 0.3 is 0 Å². The zero-order valence-corrected chi connectivity index (χ0v) is 18.2. The SMILES string of the molecule is COc1ccc(Cc2nc3c(c4c2[nH]c2ccccc24)C(=O)C(N=[N+]=[N-])C(C)(C)C3)cc1. The Morgan fingerprint density at radius 3 is 2.69 bits per heavy atom. The van der Waals surface area contributed by atoms with Gasteiger partial charge in [0.05, 0.1) is 24.0 Å². The summed E-state index contributed by atoms with van der Waals surface area (Å²) in [5.74, 6) is 0.645. The number of pyridine rings is 1. The van der Waals surface area contributed by atoms with Gasteiger partial charge in [-0.3, -0.25) is 9.78 Å². The maximum absolute atomic E-state index is 13.6. The number of ether oxygens (including phenoxy) is 1. The third-order valence-corrected chi connectivity index (χ3v) is 6.36. The number of methoxy groups -OCH3 is 1. The molecule has 0 aliphatic heterocycles. The first-order valence-electron chi connectivity index (χ1n) is 10.6. The number of Topliss-reactive ketones (excluding diaryl/α,β-unsaturated/α-hetero) is 1. The number of carbonyl (C=O) groups excluding carboxylic acids is 1. The van der Waals surface area contributed by atoms with E-state index in [-0.39, 0.29) is 5.78 Å². The number of aromatic nitrogens is 2. The molecule has 0 amide bonds. The van der Waals surface area contributed by atoms with Gasteiger partial charge in [-0.15, -0.1) is 0 Å². The molecule has 1 N–H and O–H groups in total. The molecule has 160 valence electrons. The number of azide groups is 1. The number of nitrogens with one attached hydrogen (secondary N) is 1. The highest BCUT2D eigenvalue weighted by Gasteiger charge is 2.43. The van der Waals surface area contributed by atoms with E-state index < -0.39 is 11.5 Å². The van der Waals surface area contributed by atoms with Crippen molar-refractivity contribution < 1.29 is 9.53 Å². The number of carbonyl (C=O) groups is 1. The van der Waals surface area contributed by atoms with Gasteiger partial charge in [-0.1, -0.05) is 49.3 Å². The summed E-state index contributed by atoms with van der Waals surface area (Å²) in [5, 5.41) is 5.72. The Morgan fingerprint density at radius 2 is 1.97 bits per heavy atom. The quantitative estimate of drug-likeness (QED) is 0.255. The van der Waals surface area contributed by atoms with Gasteiger partial charge in [0.1, 0.15) is 11.8 Å². The lowest BCUT2D eigenvalue weighted by Crippen LogP contribution is -2.42. The van der Waals surface area contributed by atoms with Gasteiger partial charge in [-0.25, -0.2) is 0 Å². The Kier molecular flexibility index (Phi) is 4.64. The molecule has 1 atom stereocenters. The summed E-state index contributed by atoms with van der Waals surface area (Å²) >= 11 is 0. The fourth-order valence-electron chi connectivity index (χ4n) is 4.78. The molecule has 7 nitrogen and oxygen atoms in total. The molecule has 0 bridgehead atoms. The van der Waals surface area contributed by atoms with Crippen molar-refractivity contribution in [1.29, 1.82) is 0 Å². The molecular weight excluding hydrogens is 402 g/mol. The van der Waals surface area contributed by atoms with E-state index in [0.717, 1.165) is 44.5 Å². The standard InChI is InChI=1S/C25H23N5O2/c1-25(2)13-19-21(23(31)24(25)29-30-26)20-16-6-4-5-7-17(16)28-22(20)18(27-19)12-14-8-10-15(32-3)11-9-14/h4-11,24,28H,12-13H2,1-3H3. The predicted molar refractivity (Wildman–Crippen MR) is 124 cm³/mol. The molecule has 0 radical (unpaired) electrons. The molecule has 0 fully saturated rings. The molecule has 32 heavy (non-hydrogen) atoms. The molecule has 4 aromatic rings. The summed E-state index contributed by atoms with van der Waals surface area (Å²) < 4.78 is 5.27. The Bertz CT molecular complexity index is 1410. The Hall–Kier alpha value is -3.83. The van der Waals surface area contributed by atoms with E-state index in [9.17, 15) is 4.79 Å². The molecular formula is C25H23N5O2. The average Bonchev–Trinajstić information content (AvgIpc) is 3.16. The minimum absolute atomic E-state index is 0.160. The number of fused-ring (bicyclic) bond motifs is 5. The van der Waals surface area contributed by atoms with Crippen molar-refractivity contribution in [3.05, 3.63) is 81.5 Å². The molecule has 2 aromatic carbocycles. The number of benzene rings is 2. The largest absolute Gasteiger partial charge is 0.497 e. The molecule has 0 spiro atoms. The fraction of sp³-hybridized carbons (Fsp3) is 0.280. The summed E-state index contributed by atoms with van der Waals surface area (Å²) in [5.41, 5.74) is 13.7. The van der Waals surface area contributed by atoms with Crippen molar-refractivity contribution in [2.45, 2.75) is 32.7 Å². The van der Waals surface area contributed by atoms with Gasteiger partial charge in [0.2, 0.25) is 0 Å². The van der Waals surface area contributed by atoms with Crippen LogP contribution in [0.25, 0.3) is 32.2 Å². The number of aromatic amines is 1. The fourth-order valence-corrected chi connectivity index (χ4v) is 4.78. The summed E-state index contributed by atoms with van der Waals surface area (Å²) in [6.45, 7) is 3.91. The van der Waals surface area contributed by atoms with E-state index in [2.05, 4.69) is 15.0 Å². The van der Waals surface area contributed by atoms with Crippen LogP contribution in [0.5, 0.6) is 5.75 Å². The molecule has 1 aliphatic carbocycles. The second kappa shape index (κ2) is 7.39. The second-order valence-electron chi connectivity index (χ2n) is 8.96. The molecule has 2 aromatic heterocycles. The highest BCUT2D eigenvalue weighted by atomic mass is 16.5. The minimum atomic E-state index is -0.758. The van der Waals surface area contributed by atoms with Gasteiger partial charge in [-0.2, -0.15) is 0 Å². The molecule has 0 saturated heterocycles. The van der Waals surface area contributed by atoms with E-state index in [1.54, 1.807) is 7.11 Å². The lowest BCUT2D eigenvalue weighted by Gasteiger charge is -2.35. The molecule has 1 aliphatic rings. The van der Waals surface area contributed by atoms with Crippen LogP contribution in [0.4, 0.5) is 0 Å². The van der Waals surface area contributed by atoms with E-state index in [1.807, 2.05) is 62.4 Å². The van der Waals surface area contributed by atoms with Gasteiger partial charge in [0.25, 0.3) is 0 Å². The van der Waals surface area contributed by atoms with Crippen molar-refractivity contribution in [2.75, 3.05) is 7.11 Å². The first-order valence-corrected chi connectivity index (χ1v) is 10.6. The number of H-pyrrole nitrogens is 1. The average molecular weight is 425 g/mol. The lowest BCUT2D eigenvalue weighted by atomic mass is 9.71. The summed E-state index contributed by atoms with van der Waals surface area (Å²) in [6, 6.07) is 15.1. The summed E-state index contributed by atoms with van der Waals surface area (Å²) in [6.07, 6.45) is 1.18. The van der Waals surface area contributed by atoms with Crippen LogP contribution in [-0.4, -0.2) is 28.9 Å². The maximum Gasteiger partial charge on any atom is 0.174 e. The molecule has 1 unspecified atom stereocenters. The number of rotatable bonds is 4. The third-order valence-electron chi connectivity index (χ3n) is 6.36. The monoisotopic (exact) mass is 425 g/mol. The van der Waals surface area contributed by atoms with Crippen LogP contribution in [0.3, 0.4) is 0 Å². The Morgan fingerprint density at radius 1 is 1.22 bits per heavy atom. The smallest absolute Gasteiger partial charge is 0.174 e. The van der Waals surface area contributed by atoms with Crippen molar-refractivity contribution in [2.24, 2.45) is 10.5 Å². The van der Waals surface area contributed by atoms with Crippen LogP contribution >= 0.6 is 0 Å². The molecule has 5 rings (SSSR count). The molecule has 0 saturated carbocycles. The second-order valence-corrected chi connectivity index (χ2v) is 8.96. The summed E-state index contributed by atoms with van der Waals surface area (Å²) in [7, 11) is 1.65. The number of hydrogen-bond acceptors (Lipinski definition) is 4. The van der Waals surface area contributed by atoms with Gasteiger partial charge in [0.15, 0.2) is 5.78 Å². The Labute approximate surface area is 185 Å². The Balaban J connectivity index is 1.77. The molecule has 7 heteroatoms. The van der Waals surface area contributed by atoms with Gasteiger partial charge in [-0.05, 0) is 41.1 Å². The summed E-state index contributed by atoms with van der Waals surface area (Å²) in [4.78, 5) is 25.0. The maximum atomic E-state index is 13.6. The number of para-hydroxylation sites is 1. The van der Waals surface area contributed by atoms with E-state index in [0.29, 0.717) is 18.4 Å². The van der Waals surface area contributed by atoms with Crippen LogP contribution < -0.4 is 4.74 Å². The van der Waals surface area contributed by atoms with Crippen LogP contribution in [0, 0.1) is 5.41 Å². The molecule has 2 heterocycles. The van der Waals surface area contributed by atoms with Crippen LogP contribution in [0.15, 0.2) is 53.6 Å². The minimum Gasteiger partial charge on any atom is -0.497 e. The van der Waals surface area contributed by atoms with E-state index in [1.165, 1.54) is 0 Å². The van der Waals surface area contributed by atoms with Crippen LogP contribution in [0.2, 0.25) is 0 Å². The number of ketones is 1. The first kappa shape index (κ1) is 20.1. The first-order chi connectivity index (χ1) is 15.4. The normalized spacial score (nSPS) is 17.2. The van der Waals surface area contributed by atoms with Crippen molar-refractivity contribution in [3.8, 4) is 5.75 Å². The zero-order valence-electron chi connectivity index (χ0n) is 18.2. The van der Waals surface area contributed by atoms with E-state index in [4.69, 9.17) is 15.3 Å². The van der Waals surface area contributed by atoms with Gasteiger partial charge < -0.3 is 9.72 Å². The van der Waals surface area contributed by atoms with Crippen LogP contribution in [-0.2, 0) is 12.8 Å².